The van der Waals surface area contributed by atoms with Crippen LogP contribution >= 0.6 is 0 Å². The van der Waals surface area contributed by atoms with Gasteiger partial charge in [0.2, 0.25) is 0 Å². The Morgan fingerprint density at radius 1 is 1.40 bits per heavy atom. The molecule has 1 fully saturated rings. The molecule has 0 radical (unpaired) electrons. The van der Waals surface area contributed by atoms with Gasteiger partial charge in [-0.25, -0.2) is 4.79 Å². The molecule has 1 saturated carbocycles. The van der Waals surface area contributed by atoms with Crippen molar-refractivity contribution in [1.82, 2.24) is 0 Å². The van der Waals surface area contributed by atoms with Crippen molar-refractivity contribution in [2.45, 2.75) is 18.9 Å². The minimum absolute atomic E-state index is 0.322. The first kappa shape index (κ1) is 10.4. The molecule has 3 nitrogen and oxygen atoms in total. The minimum atomic E-state index is -0.383. The molecule has 0 aromatic carbocycles. The molecule has 0 N–H and O–H groups in total. The van der Waals surface area contributed by atoms with Crippen molar-refractivity contribution < 1.29 is 14.3 Å². The molecule has 2 bridgehead atoms. The van der Waals surface area contributed by atoms with Gasteiger partial charge in [0, 0.05) is 12.0 Å². The third-order valence-corrected chi connectivity index (χ3v) is 3.04. The highest BCUT2D eigenvalue weighted by Gasteiger charge is 2.36. The molecule has 0 aromatic rings. The molecule has 3 unspecified atom stereocenters. The molecule has 15 heavy (non-hydrogen) atoms. The molecule has 0 spiro atoms. The van der Waals surface area contributed by atoms with Crippen LogP contribution in [0.1, 0.15) is 12.8 Å². The summed E-state index contributed by atoms with van der Waals surface area (Å²) in [5.41, 5.74) is 0. The van der Waals surface area contributed by atoms with E-state index in [0.29, 0.717) is 25.2 Å². The maximum absolute atomic E-state index is 10.7. The van der Waals surface area contributed by atoms with E-state index in [1.54, 1.807) is 0 Å². The maximum atomic E-state index is 10.7. The summed E-state index contributed by atoms with van der Waals surface area (Å²) >= 11 is 0. The Bertz CT molecular complexity index is 283. The van der Waals surface area contributed by atoms with Gasteiger partial charge in [0.1, 0.15) is 6.61 Å². The van der Waals surface area contributed by atoms with Gasteiger partial charge in [-0.3, -0.25) is 0 Å². The lowest BCUT2D eigenvalue weighted by Crippen LogP contribution is -2.21. The third-order valence-electron chi connectivity index (χ3n) is 3.04. The van der Waals surface area contributed by atoms with Crippen LogP contribution in [0.2, 0.25) is 0 Å². The molecule has 3 heteroatoms. The Hall–Kier alpha value is -1.09. The highest BCUT2D eigenvalue weighted by atomic mass is 16.6. The fraction of sp³-hybridized carbons (Fsp3) is 0.583. The average Bonchev–Trinajstić information content (AvgIpc) is 2.85. The predicted octanol–water partition coefficient (Wildman–Crippen LogP) is 1.70. The zero-order chi connectivity index (χ0) is 10.7. The molecule has 0 heterocycles. The first-order chi connectivity index (χ1) is 7.29. The van der Waals surface area contributed by atoms with E-state index < -0.39 is 0 Å². The van der Waals surface area contributed by atoms with Gasteiger partial charge in [-0.15, -0.1) is 0 Å². The zero-order valence-corrected chi connectivity index (χ0v) is 8.72. The van der Waals surface area contributed by atoms with Gasteiger partial charge in [-0.2, -0.15) is 0 Å². The highest BCUT2D eigenvalue weighted by Crippen LogP contribution is 2.40. The SMILES string of the molecule is C=CC(=O)OCCOC1CC2C=CC1C2. The predicted molar refractivity (Wildman–Crippen MR) is 56.3 cm³/mol. The fourth-order valence-corrected chi connectivity index (χ4v) is 2.32. The van der Waals surface area contributed by atoms with Crippen molar-refractivity contribution in [2.24, 2.45) is 11.8 Å². The van der Waals surface area contributed by atoms with Gasteiger partial charge in [0.15, 0.2) is 0 Å². The van der Waals surface area contributed by atoms with Gasteiger partial charge >= 0.3 is 5.97 Å². The second-order valence-corrected chi connectivity index (χ2v) is 4.06. The van der Waals surface area contributed by atoms with E-state index in [-0.39, 0.29) is 5.97 Å². The summed E-state index contributed by atoms with van der Waals surface area (Å²) in [6.07, 6.45) is 8.38. The standard InChI is InChI=1S/C12H16O3/c1-2-12(13)15-6-5-14-11-8-9-3-4-10(11)7-9/h2-4,9-11H,1,5-8H2. The zero-order valence-electron chi connectivity index (χ0n) is 8.72. The second kappa shape index (κ2) is 4.62. The molecule has 0 saturated heterocycles. The number of allylic oxidation sites excluding steroid dienone is 1. The van der Waals surface area contributed by atoms with Crippen LogP contribution in [-0.2, 0) is 14.3 Å². The van der Waals surface area contributed by atoms with Crippen LogP contribution in [0.25, 0.3) is 0 Å². The summed E-state index contributed by atoms with van der Waals surface area (Å²) < 4.78 is 10.5. The van der Waals surface area contributed by atoms with Crippen molar-refractivity contribution in [3.05, 3.63) is 24.8 Å². The first-order valence-electron chi connectivity index (χ1n) is 5.38. The summed E-state index contributed by atoms with van der Waals surface area (Å²) in [5.74, 6) is 0.923. The average molecular weight is 208 g/mol. The Morgan fingerprint density at radius 2 is 2.27 bits per heavy atom. The van der Waals surface area contributed by atoms with E-state index >= 15 is 0 Å². The molecular weight excluding hydrogens is 192 g/mol. The smallest absolute Gasteiger partial charge is 0.330 e. The molecule has 3 atom stereocenters. The summed E-state index contributed by atoms with van der Waals surface area (Å²) in [5, 5.41) is 0. The molecule has 82 valence electrons. The molecular formula is C12H16O3. The number of hydrogen-bond acceptors (Lipinski definition) is 3. The molecule has 2 aliphatic carbocycles. The number of esters is 1. The van der Waals surface area contributed by atoms with Gasteiger partial charge in [0.05, 0.1) is 12.7 Å². The third kappa shape index (κ3) is 2.48. The van der Waals surface area contributed by atoms with Crippen molar-refractivity contribution in [3.8, 4) is 0 Å². The quantitative estimate of drug-likeness (QED) is 0.298. The number of rotatable bonds is 5. The van der Waals surface area contributed by atoms with Gasteiger partial charge in [0.25, 0.3) is 0 Å². The van der Waals surface area contributed by atoms with E-state index in [0.717, 1.165) is 12.3 Å². The Labute approximate surface area is 89.8 Å². The van der Waals surface area contributed by atoms with Crippen LogP contribution in [0.15, 0.2) is 24.8 Å². The Kier molecular flexibility index (Phi) is 3.21. The number of ether oxygens (including phenoxy) is 2. The van der Waals surface area contributed by atoms with Crippen LogP contribution in [-0.4, -0.2) is 25.3 Å². The normalized spacial score (nSPS) is 31.9. The summed E-state index contributed by atoms with van der Waals surface area (Å²) in [6.45, 7) is 4.13. The molecule has 2 aliphatic rings. The van der Waals surface area contributed by atoms with Crippen LogP contribution in [0.4, 0.5) is 0 Å². The maximum Gasteiger partial charge on any atom is 0.330 e. The van der Waals surface area contributed by atoms with E-state index in [9.17, 15) is 4.79 Å². The number of fused-ring (bicyclic) bond motifs is 2. The largest absolute Gasteiger partial charge is 0.460 e. The molecule has 0 aromatic heterocycles. The first-order valence-corrected chi connectivity index (χ1v) is 5.38. The minimum Gasteiger partial charge on any atom is -0.460 e. The van der Waals surface area contributed by atoms with Crippen molar-refractivity contribution in [3.63, 3.8) is 0 Å². The molecule has 0 amide bonds. The van der Waals surface area contributed by atoms with E-state index in [4.69, 9.17) is 9.47 Å². The number of carbonyl (C=O) groups excluding carboxylic acids is 1. The lowest BCUT2D eigenvalue weighted by atomic mass is 10.1. The van der Waals surface area contributed by atoms with E-state index in [1.165, 1.54) is 12.5 Å². The van der Waals surface area contributed by atoms with Crippen molar-refractivity contribution in [2.75, 3.05) is 13.2 Å². The van der Waals surface area contributed by atoms with Crippen molar-refractivity contribution in [1.29, 1.82) is 0 Å². The summed E-state index contributed by atoms with van der Waals surface area (Å²) in [6, 6.07) is 0. The summed E-state index contributed by atoms with van der Waals surface area (Å²) in [7, 11) is 0. The Balaban J connectivity index is 1.61. The monoisotopic (exact) mass is 208 g/mol. The van der Waals surface area contributed by atoms with Crippen molar-refractivity contribution >= 4 is 5.97 Å². The van der Waals surface area contributed by atoms with Gasteiger partial charge in [-0.1, -0.05) is 18.7 Å². The van der Waals surface area contributed by atoms with Gasteiger partial charge < -0.3 is 9.47 Å². The molecule has 2 rings (SSSR count). The van der Waals surface area contributed by atoms with E-state index in [2.05, 4.69) is 18.7 Å². The topological polar surface area (TPSA) is 35.5 Å². The number of hydrogen-bond donors (Lipinski definition) is 0. The molecule has 0 aliphatic heterocycles. The van der Waals surface area contributed by atoms with Crippen LogP contribution < -0.4 is 0 Å². The second-order valence-electron chi connectivity index (χ2n) is 4.06. The van der Waals surface area contributed by atoms with E-state index in [1.807, 2.05) is 0 Å². The lowest BCUT2D eigenvalue weighted by molar-refractivity contribution is -0.140. The lowest BCUT2D eigenvalue weighted by Gasteiger charge is -2.18. The van der Waals surface area contributed by atoms with Crippen LogP contribution in [0.5, 0.6) is 0 Å². The number of carbonyl (C=O) groups is 1. The summed E-state index contributed by atoms with van der Waals surface area (Å²) in [4.78, 5) is 10.7. The highest BCUT2D eigenvalue weighted by molar-refractivity contribution is 5.81. The fourth-order valence-electron chi connectivity index (χ4n) is 2.32. The van der Waals surface area contributed by atoms with Crippen LogP contribution in [0, 0.1) is 11.8 Å². The Morgan fingerprint density at radius 3 is 2.87 bits per heavy atom. The van der Waals surface area contributed by atoms with Crippen LogP contribution in [0.3, 0.4) is 0 Å². The van der Waals surface area contributed by atoms with Gasteiger partial charge in [-0.05, 0) is 18.8 Å².